The molecule has 1 heteroatoms. The fourth-order valence-corrected chi connectivity index (χ4v) is 1.07. The Hall–Kier alpha value is -0.0700. The van der Waals surface area contributed by atoms with E-state index < -0.39 is 0 Å². The van der Waals surface area contributed by atoms with E-state index in [-0.39, 0.29) is 6.67 Å². The van der Waals surface area contributed by atoms with Gasteiger partial charge in [0.2, 0.25) is 0 Å². The molecule has 0 aliphatic rings. The molecule has 0 N–H and O–H groups in total. The molecule has 1 atom stereocenters. The standard InChI is InChI=1S/C9H19F/c1-3-5-6-7-9(4-2)8-10/h9H,3-8H2,1-2H3. The summed E-state index contributed by atoms with van der Waals surface area (Å²) < 4.78 is 12.1. The van der Waals surface area contributed by atoms with E-state index in [4.69, 9.17) is 0 Å². The Morgan fingerprint density at radius 2 is 1.90 bits per heavy atom. The van der Waals surface area contributed by atoms with Gasteiger partial charge in [0.1, 0.15) is 0 Å². The Bertz CT molecular complexity index is 57.7. The normalized spacial score (nSPS) is 13.5. The molecule has 0 nitrogen and oxygen atoms in total. The first-order valence-electron chi connectivity index (χ1n) is 4.41. The highest BCUT2D eigenvalue weighted by Crippen LogP contribution is 2.13. The number of hydrogen-bond acceptors (Lipinski definition) is 0. The van der Waals surface area contributed by atoms with Gasteiger partial charge in [-0.25, -0.2) is 0 Å². The van der Waals surface area contributed by atoms with Crippen molar-refractivity contribution >= 4 is 0 Å². The number of halogens is 1. The minimum atomic E-state index is -0.125. The maximum Gasteiger partial charge on any atom is 0.0922 e. The van der Waals surface area contributed by atoms with Crippen molar-refractivity contribution in [2.75, 3.05) is 6.67 Å². The quantitative estimate of drug-likeness (QED) is 0.502. The van der Waals surface area contributed by atoms with Crippen LogP contribution in [-0.4, -0.2) is 6.67 Å². The highest BCUT2D eigenvalue weighted by atomic mass is 19.1. The van der Waals surface area contributed by atoms with Gasteiger partial charge in [0.15, 0.2) is 0 Å². The van der Waals surface area contributed by atoms with Gasteiger partial charge in [0.05, 0.1) is 6.67 Å². The van der Waals surface area contributed by atoms with Crippen molar-refractivity contribution in [2.24, 2.45) is 5.92 Å². The molecule has 0 rings (SSSR count). The van der Waals surface area contributed by atoms with E-state index in [0.29, 0.717) is 5.92 Å². The van der Waals surface area contributed by atoms with Crippen molar-refractivity contribution in [3.05, 3.63) is 0 Å². The molecule has 0 heterocycles. The van der Waals surface area contributed by atoms with Gasteiger partial charge in [-0.1, -0.05) is 39.5 Å². The van der Waals surface area contributed by atoms with Crippen molar-refractivity contribution in [3.8, 4) is 0 Å². The zero-order chi connectivity index (χ0) is 7.82. The fraction of sp³-hybridized carbons (Fsp3) is 1.00. The highest BCUT2D eigenvalue weighted by molar-refractivity contribution is 4.54. The molecular formula is C9H19F. The summed E-state index contributed by atoms with van der Waals surface area (Å²) in [5.41, 5.74) is 0. The van der Waals surface area contributed by atoms with Gasteiger partial charge in [-0.2, -0.15) is 0 Å². The van der Waals surface area contributed by atoms with E-state index >= 15 is 0 Å². The van der Waals surface area contributed by atoms with E-state index in [2.05, 4.69) is 13.8 Å². The van der Waals surface area contributed by atoms with Gasteiger partial charge < -0.3 is 0 Å². The second kappa shape index (κ2) is 7.04. The van der Waals surface area contributed by atoms with Gasteiger partial charge in [0.25, 0.3) is 0 Å². The molecule has 0 aromatic rings. The minimum Gasteiger partial charge on any atom is -0.251 e. The van der Waals surface area contributed by atoms with Crippen molar-refractivity contribution in [2.45, 2.75) is 46.0 Å². The lowest BCUT2D eigenvalue weighted by atomic mass is 10.0. The van der Waals surface area contributed by atoms with Crippen LogP contribution < -0.4 is 0 Å². The van der Waals surface area contributed by atoms with Crippen molar-refractivity contribution < 1.29 is 4.39 Å². The Labute approximate surface area is 63.8 Å². The third-order valence-corrected chi connectivity index (χ3v) is 2.01. The summed E-state index contributed by atoms with van der Waals surface area (Å²) >= 11 is 0. The number of hydrogen-bond donors (Lipinski definition) is 0. The lowest BCUT2D eigenvalue weighted by Gasteiger charge is -2.08. The Morgan fingerprint density at radius 1 is 1.20 bits per heavy atom. The summed E-state index contributed by atoms with van der Waals surface area (Å²) in [6.07, 6.45) is 5.79. The predicted octanol–water partition coefficient (Wildman–Crippen LogP) is 3.56. The third-order valence-electron chi connectivity index (χ3n) is 2.01. The smallest absolute Gasteiger partial charge is 0.0922 e. The molecule has 0 spiro atoms. The Morgan fingerprint density at radius 3 is 2.30 bits per heavy atom. The maximum atomic E-state index is 12.1. The van der Waals surface area contributed by atoms with Crippen LogP contribution in [0.25, 0.3) is 0 Å². The molecule has 10 heavy (non-hydrogen) atoms. The lowest BCUT2D eigenvalue weighted by Crippen LogP contribution is -2.00. The largest absolute Gasteiger partial charge is 0.251 e. The number of alkyl halides is 1. The first-order valence-corrected chi connectivity index (χ1v) is 4.41. The first kappa shape index (κ1) is 9.93. The van der Waals surface area contributed by atoms with Crippen LogP contribution in [0.1, 0.15) is 46.0 Å². The second-order valence-electron chi connectivity index (χ2n) is 2.92. The van der Waals surface area contributed by atoms with Crippen LogP contribution in [0.15, 0.2) is 0 Å². The van der Waals surface area contributed by atoms with Crippen LogP contribution in [0, 0.1) is 5.92 Å². The molecule has 0 saturated heterocycles. The van der Waals surface area contributed by atoms with Crippen molar-refractivity contribution in [1.82, 2.24) is 0 Å². The lowest BCUT2D eigenvalue weighted by molar-refractivity contribution is 0.327. The van der Waals surface area contributed by atoms with E-state index in [1.54, 1.807) is 0 Å². The summed E-state index contributed by atoms with van der Waals surface area (Å²) in [6, 6.07) is 0. The van der Waals surface area contributed by atoms with Crippen LogP contribution >= 0.6 is 0 Å². The highest BCUT2D eigenvalue weighted by Gasteiger charge is 2.03. The Kier molecular flexibility index (Phi) is 6.99. The van der Waals surface area contributed by atoms with Gasteiger partial charge in [-0.05, 0) is 12.3 Å². The molecule has 0 aromatic heterocycles. The van der Waals surface area contributed by atoms with Crippen molar-refractivity contribution in [1.29, 1.82) is 0 Å². The fourth-order valence-electron chi connectivity index (χ4n) is 1.07. The average molecular weight is 146 g/mol. The van der Waals surface area contributed by atoms with E-state index in [0.717, 1.165) is 12.8 Å². The summed E-state index contributed by atoms with van der Waals surface area (Å²) in [5, 5.41) is 0. The topological polar surface area (TPSA) is 0 Å². The van der Waals surface area contributed by atoms with Crippen LogP contribution in [0.2, 0.25) is 0 Å². The minimum absolute atomic E-state index is 0.125. The van der Waals surface area contributed by atoms with Crippen LogP contribution in [-0.2, 0) is 0 Å². The molecule has 1 unspecified atom stereocenters. The molecule has 0 radical (unpaired) electrons. The van der Waals surface area contributed by atoms with Gasteiger partial charge in [-0.3, -0.25) is 4.39 Å². The summed E-state index contributed by atoms with van der Waals surface area (Å²) in [5.74, 6) is 0.339. The number of unbranched alkanes of at least 4 members (excludes halogenated alkanes) is 2. The maximum absolute atomic E-state index is 12.1. The summed E-state index contributed by atoms with van der Waals surface area (Å²) in [7, 11) is 0. The zero-order valence-electron chi connectivity index (χ0n) is 7.20. The van der Waals surface area contributed by atoms with Gasteiger partial charge >= 0.3 is 0 Å². The molecule has 0 aromatic carbocycles. The summed E-state index contributed by atoms with van der Waals surface area (Å²) in [4.78, 5) is 0. The van der Waals surface area contributed by atoms with Crippen LogP contribution in [0.3, 0.4) is 0 Å². The van der Waals surface area contributed by atoms with E-state index in [1.807, 2.05) is 0 Å². The molecular weight excluding hydrogens is 127 g/mol. The SMILES string of the molecule is CCCCCC(CC)CF. The van der Waals surface area contributed by atoms with E-state index in [9.17, 15) is 4.39 Å². The Balaban J connectivity index is 3.09. The molecule has 0 bridgehead atoms. The van der Waals surface area contributed by atoms with E-state index in [1.165, 1.54) is 19.3 Å². The zero-order valence-corrected chi connectivity index (χ0v) is 7.20. The second-order valence-corrected chi connectivity index (χ2v) is 2.92. The summed E-state index contributed by atoms with van der Waals surface area (Å²) in [6.45, 7) is 4.12. The average Bonchev–Trinajstić information content (AvgIpc) is 1.99. The molecule has 0 saturated carbocycles. The molecule has 0 amide bonds. The number of rotatable bonds is 6. The monoisotopic (exact) mass is 146 g/mol. The first-order chi connectivity index (χ1) is 4.85. The molecule has 0 aliphatic carbocycles. The molecule has 0 fully saturated rings. The van der Waals surface area contributed by atoms with Crippen LogP contribution in [0.5, 0.6) is 0 Å². The third kappa shape index (κ3) is 4.78. The van der Waals surface area contributed by atoms with Crippen molar-refractivity contribution in [3.63, 3.8) is 0 Å². The molecule has 0 aliphatic heterocycles. The van der Waals surface area contributed by atoms with Gasteiger partial charge in [0, 0.05) is 0 Å². The van der Waals surface area contributed by atoms with Gasteiger partial charge in [-0.15, -0.1) is 0 Å². The molecule has 62 valence electrons. The predicted molar refractivity (Wildman–Crippen MR) is 43.9 cm³/mol. The van der Waals surface area contributed by atoms with Crippen LogP contribution in [0.4, 0.5) is 4.39 Å².